The zero-order valence-corrected chi connectivity index (χ0v) is 15.8. The van der Waals surface area contributed by atoms with Crippen LogP contribution in [0.25, 0.3) is 0 Å². The minimum atomic E-state index is -3.47. The maximum Gasteiger partial charge on any atom is 0.240 e. The van der Waals surface area contributed by atoms with Crippen LogP contribution in [0, 0.1) is 11.8 Å². The highest BCUT2D eigenvalue weighted by Gasteiger charge is 2.34. The first kappa shape index (κ1) is 19.3. The third-order valence-electron chi connectivity index (χ3n) is 5.68. The van der Waals surface area contributed by atoms with E-state index in [1.54, 1.807) is 30.3 Å². The lowest BCUT2D eigenvalue weighted by atomic mass is 9.81. The second kappa shape index (κ2) is 8.50. The molecule has 0 radical (unpaired) electrons. The number of amides is 1. The molecule has 1 saturated heterocycles. The van der Waals surface area contributed by atoms with Gasteiger partial charge in [-0.05, 0) is 56.6 Å². The number of benzene rings is 1. The number of rotatable bonds is 6. The first-order valence-corrected chi connectivity index (χ1v) is 11.0. The highest BCUT2D eigenvalue weighted by molar-refractivity contribution is 7.89. The summed E-state index contributed by atoms with van der Waals surface area (Å²) < 4.78 is 27.3. The summed E-state index contributed by atoms with van der Waals surface area (Å²) in [7, 11) is -3.47. The molecule has 1 aromatic carbocycles. The Kier molecular flexibility index (Phi) is 6.32. The van der Waals surface area contributed by atoms with E-state index in [0.29, 0.717) is 6.54 Å². The van der Waals surface area contributed by atoms with Crippen LogP contribution in [-0.2, 0) is 14.8 Å². The molecule has 1 aromatic rings. The smallest absolute Gasteiger partial charge is 0.240 e. The number of carbonyl (C=O) groups excluding carboxylic acids is 1. The Labute approximate surface area is 155 Å². The molecule has 144 valence electrons. The summed E-state index contributed by atoms with van der Waals surface area (Å²) in [6, 6.07) is 8.38. The molecule has 1 aliphatic carbocycles. The number of nitrogens with zero attached hydrogens (tertiary/aromatic N) is 1. The summed E-state index contributed by atoms with van der Waals surface area (Å²) in [5, 5.41) is 9.41. The molecule has 1 amide bonds. The maximum atomic E-state index is 12.7. The molecule has 2 aliphatic rings. The minimum Gasteiger partial charge on any atom is -0.394 e. The van der Waals surface area contributed by atoms with Crippen LogP contribution in [0.1, 0.15) is 38.5 Å². The Morgan fingerprint density at radius 3 is 2.46 bits per heavy atom. The van der Waals surface area contributed by atoms with Gasteiger partial charge in [-0.15, -0.1) is 0 Å². The van der Waals surface area contributed by atoms with Gasteiger partial charge in [0.05, 0.1) is 17.5 Å². The summed E-state index contributed by atoms with van der Waals surface area (Å²) in [5.41, 5.74) is 0. The van der Waals surface area contributed by atoms with Gasteiger partial charge >= 0.3 is 0 Å². The van der Waals surface area contributed by atoms with E-state index in [0.717, 1.165) is 45.1 Å². The van der Waals surface area contributed by atoms with Gasteiger partial charge in [0, 0.05) is 19.0 Å². The van der Waals surface area contributed by atoms with Crippen molar-refractivity contribution in [3.05, 3.63) is 30.3 Å². The number of likely N-dealkylation sites (tertiary alicyclic amines) is 1. The predicted molar refractivity (Wildman–Crippen MR) is 98.9 cm³/mol. The average Bonchev–Trinajstić information content (AvgIpc) is 3.16. The highest BCUT2D eigenvalue weighted by atomic mass is 32.2. The van der Waals surface area contributed by atoms with Crippen molar-refractivity contribution in [3.8, 4) is 0 Å². The van der Waals surface area contributed by atoms with Crippen LogP contribution in [0.2, 0.25) is 0 Å². The van der Waals surface area contributed by atoms with Crippen LogP contribution in [-0.4, -0.2) is 50.1 Å². The molecule has 1 heterocycles. The summed E-state index contributed by atoms with van der Waals surface area (Å²) in [5.74, 6) is 0.457. The molecule has 0 spiro atoms. The molecule has 0 bridgehead atoms. The number of carbonyl (C=O) groups is 1. The van der Waals surface area contributed by atoms with Crippen molar-refractivity contribution < 1.29 is 18.3 Å². The second-order valence-electron chi connectivity index (χ2n) is 7.39. The number of hydrogen-bond acceptors (Lipinski definition) is 4. The fraction of sp³-hybridized carbons (Fsp3) is 0.632. The van der Waals surface area contributed by atoms with Gasteiger partial charge in [0.25, 0.3) is 0 Å². The third-order valence-corrected chi connectivity index (χ3v) is 7.12. The molecule has 2 fully saturated rings. The van der Waals surface area contributed by atoms with Crippen LogP contribution in [0.3, 0.4) is 0 Å². The predicted octanol–water partition coefficient (Wildman–Crippen LogP) is 1.75. The Hall–Kier alpha value is -1.44. The Balaban J connectivity index is 1.47. The van der Waals surface area contributed by atoms with E-state index >= 15 is 0 Å². The summed E-state index contributed by atoms with van der Waals surface area (Å²) in [4.78, 5) is 14.8. The van der Waals surface area contributed by atoms with E-state index in [-0.39, 0.29) is 35.3 Å². The lowest BCUT2D eigenvalue weighted by molar-refractivity contribution is -0.138. The molecular weight excluding hydrogens is 352 g/mol. The first-order valence-electron chi connectivity index (χ1n) is 9.47. The number of aliphatic hydroxyl groups excluding tert-OH is 1. The van der Waals surface area contributed by atoms with Crippen LogP contribution >= 0.6 is 0 Å². The Bertz CT molecular complexity index is 700. The summed E-state index contributed by atoms with van der Waals surface area (Å²) >= 11 is 0. The summed E-state index contributed by atoms with van der Waals surface area (Å²) in [6.45, 7) is 1.21. The van der Waals surface area contributed by atoms with Crippen molar-refractivity contribution in [1.29, 1.82) is 0 Å². The largest absolute Gasteiger partial charge is 0.394 e. The van der Waals surface area contributed by atoms with Gasteiger partial charge in [-0.25, -0.2) is 13.1 Å². The lowest BCUT2D eigenvalue weighted by Gasteiger charge is -2.32. The van der Waals surface area contributed by atoms with Gasteiger partial charge < -0.3 is 10.0 Å². The van der Waals surface area contributed by atoms with Crippen LogP contribution < -0.4 is 4.72 Å². The van der Waals surface area contributed by atoms with E-state index in [9.17, 15) is 18.3 Å². The molecule has 1 atom stereocenters. The van der Waals surface area contributed by atoms with Crippen LogP contribution in [0.15, 0.2) is 35.2 Å². The van der Waals surface area contributed by atoms with Crippen molar-refractivity contribution in [2.75, 3.05) is 19.7 Å². The van der Waals surface area contributed by atoms with E-state index in [1.165, 1.54) is 0 Å². The Morgan fingerprint density at radius 1 is 1.12 bits per heavy atom. The zero-order valence-electron chi connectivity index (χ0n) is 15.0. The highest BCUT2D eigenvalue weighted by Crippen LogP contribution is 2.32. The molecule has 6 nitrogen and oxygen atoms in total. The van der Waals surface area contributed by atoms with Crippen molar-refractivity contribution in [1.82, 2.24) is 9.62 Å². The van der Waals surface area contributed by atoms with Gasteiger partial charge in [-0.1, -0.05) is 18.2 Å². The maximum absolute atomic E-state index is 12.7. The van der Waals surface area contributed by atoms with Gasteiger partial charge in [0.2, 0.25) is 15.9 Å². The molecule has 1 saturated carbocycles. The molecule has 0 aromatic heterocycles. The quantitative estimate of drug-likeness (QED) is 0.787. The van der Waals surface area contributed by atoms with Crippen molar-refractivity contribution in [3.63, 3.8) is 0 Å². The van der Waals surface area contributed by atoms with E-state index < -0.39 is 10.0 Å². The normalized spacial score (nSPS) is 26.8. The van der Waals surface area contributed by atoms with E-state index in [4.69, 9.17) is 0 Å². The lowest BCUT2D eigenvalue weighted by Crippen LogP contribution is -2.42. The monoisotopic (exact) mass is 380 g/mol. The van der Waals surface area contributed by atoms with Gasteiger partial charge in [0.15, 0.2) is 0 Å². The summed E-state index contributed by atoms with van der Waals surface area (Å²) in [6.07, 6.45) is 5.15. The molecule has 7 heteroatoms. The molecule has 26 heavy (non-hydrogen) atoms. The molecule has 1 aliphatic heterocycles. The molecular formula is C19H28N2O4S. The standard InChI is InChI=1S/C19H28N2O4S/c22-14-17-5-4-12-21(17)19(23)16-10-8-15(9-11-16)13-20-26(24,25)18-6-2-1-3-7-18/h1-3,6-7,15-17,20,22H,4-5,8-14H2. The third kappa shape index (κ3) is 4.45. The number of sulfonamides is 1. The van der Waals surface area contributed by atoms with E-state index in [2.05, 4.69) is 4.72 Å². The van der Waals surface area contributed by atoms with Crippen LogP contribution in [0.4, 0.5) is 0 Å². The van der Waals surface area contributed by atoms with Crippen molar-refractivity contribution in [2.45, 2.75) is 49.5 Å². The van der Waals surface area contributed by atoms with E-state index in [1.807, 2.05) is 4.90 Å². The number of nitrogens with one attached hydrogen (secondary N) is 1. The van der Waals surface area contributed by atoms with Gasteiger partial charge in [-0.3, -0.25) is 4.79 Å². The second-order valence-corrected chi connectivity index (χ2v) is 9.16. The fourth-order valence-electron chi connectivity index (χ4n) is 4.07. The number of aliphatic hydroxyl groups is 1. The Morgan fingerprint density at radius 2 is 1.81 bits per heavy atom. The topological polar surface area (TPSA) is 86.7 Å². The molecule has 1 unspecified atom stereocenters. The first-order chi connectivity index (χ1) is 12.5. The number of hydrogen-bond donors (Lipinski definition) is 2. The minimum absolute atomic E-state index is 0.0158. The van der Waals surface area contributed by atoms with Crippen molar-refractivity contribution in [2.24, 2.45) is 11.8 Å². The average molecular weight is 381 g/mol. The van der Waals surface area contributed by atoms with Gasteiger partial charge in [0.1, 0.15) is 0 Å². The van der Waals surface area contributed by atoms with Gasteiger partial charge in [-0.2, -0.15) is 0 Å². The zero-order chi connectivity index (χ0) is 18.6. The molecule has 2 N–H and O–H groups in total. The SMILES string of the molecule is O=C(C1CCC(CNS(=O)(=O)c2ccccc2)CC1)N1CCCC1CO. The fourth-order valence-corrected chi connectivity index (χ4v) is 5.21. The van der Waals surface area contributed by atoms with Crippen molar-refractivity contribution >= 4 is 15.9 Å². The van der Waals surface area contributed by atoms with Crippen LogP contribution in [0.5, 0.6) is 0 Å². The molecule has 3 rings (SSSR count).